The number of nitrogens with one attached hydrogen (secondary N) is 1. The molecule has 0 radical (unpaired) electrons. The fourth-order valence-electron chi connectivity index (χ4n) is 1.71. The van der Waals surface area contributed by atoms with Gasteiger partial charge in [0.2, 0.25) is 0 Å². The molecule has 0 aromatic heterocycles. The zero-order valence-electron chi connectivity index (χ0n) is 11.8. The van der Waals surface area contributed by atoms with Crippen molar-refractivity contribution in [3.8, 4) is 5.75 Å². The quantitative estimate of drug-likeness (QED) is 0.479. The smallest absolute Gasteiger partial charge is 0.328 e. The first kappa shape index (κ1) is 16.4. The van der Waals surface area contributed by atoms with Crippen molar-refractivity contribution in [1.82, 2.24) is 5.32 Å². The summed E-state index contributed by atoms with van der Waals surface area (Å²) in [5.41, 5.74) is -0.785. The van der Waals surface area contributed by atoms with Crippen LogP contribution in [-0.4, -0.2) is 35.1 Å². The Morgan fingerprint density at radius 3 is 2.48 bits per heavy atom. The second-order valence-corrected chi connectivity index (χ2v) is 4.68. The zero-order chi connectivity index (χ0) is 16.2. The molecule has 0 spiro atoms. The van der Waals surface area contributed by atoms with Crippen LogP contribution in [0.15, 0.2) is 18.2 Å². The Labute approximate surface area is 120 Å². The summed E-state index contributed by atoms with van der Waals surface area (Å²) in [4.78, 5) is 33.9. The van der Waals surface area contributed by atoms with Crippen LogP contribution in [0.5, 0.6) is 5.75 Å². The number of esters is 1. The van der Waals surface area contributed by atoms with E-state index in [-0.39, 0.29) is 17.2 Å². The average Bonchev–Trinajstić information content (AvgIpc) is 2.42. The molecule has 0 fully saturated rings. The van der Waals surface area contributed by atoms with E-state index in [1.807, 2.05) is 0 Å². The second kappa shape index (κ2) is 6.69. The Morgan fingerprint density at radius 2 is 2.00 bits per heavy atom. The van der Waals surface area contributed by atoms with Crippen LogP contribution in [0.1, 0.15) is 24.2 Å². The molecule has 114 valence electrons. The molecule has 0 saturated carbocycles. The van der Waals surface area contributed by atoms with Gasteiger partial charge < -0.3 is 15.2 Å². The van der Waals surface area contributed by atoms with Crippen LogP contribution in [0.2, 0.25) is 0 Å². The molecule has 1 aromatic rings. The van der Waals surface area contributed by atoms with Crippen molar-refractivity contribution in [3.05, 3.63) is 33.9 Å². The lowest BCUT2D eigenvalue weighted by Gasteiger charge is -2.19. The molecule has 1 unspecified atom stereocenters. The number of benzene rings is 1. The van der Waals surface area contributed by atoms with Crippen molar-refractivity contribution < 1.29 is 24.4 Å². The summed E-state index contributed by atoms with van der Waals surface area (Å²) in [7, 11) is 1.18. The van der Waals surface area contributed by atoms with Gasteiger partial charge >= 0.3 is 5.97 Å². The van der Waals surface area contributed by atoms with Crippen molar-refractivity contribution in [2.75, 3.05) is 7.11 Å². The Balaban J connectivity index is 3.11. The monoisotopic (exact) mass is 296 g/mol. The number of hydrogen-bond donors (Lipinski definition) is 2. The second-order valence-electron chi connectivity index (χ2n) is 4.68. The first-order chi connectivity index (χ1) is 9.77. The molecule has 0 aliphatic carbocycles. The normalized spacial score (nSPS) is 11.8. The molecule has 0 aliphatic heterocycles. The summed E-state index contributed by atoms with van der Waals surface area (Å²) < 4.78 is 4.57. The summed E-state index contributed by atoms with van der Waals surface area (Å²) in [6.45, 7) is 3.39. The van der Waals surface area contributed by atoms with Crippen LogP contribution >= 0.6 is 0 Å². The van der Waals surface area contributed by atoms with Crippen molar-refractivity contribution >= 4 is 17.6 Å². The third-order valence-electron chi connectivity index (χ3n) is 2.83. The molecule has 1 rings (SSSR count). The Hall–Kier alpha value is -2.64. The molecule has 1 aromatic carbocycles. The van der Waals surface area contributed by atoms with E-state index in [0.29, 0.717) is 0 Å². The van der Waals surface area contributed by atoms with Gasteiger partial charge in [-0.05, 0) is 18.1 Å². The molecule has 1 atom stereocenters. The van der Waals surface area contributed by atoms with Gasteiger partial charge in [0.15, 0.2) is 0 Å². The molecule has 8 nitrogen and oxygen atoms in total. The summed E-state index contributed by atoms with van der Waals surface area (Å²) >= 11 is 0. The minimum Gasteiger partial charge on any atom is -0.508 e. The number of amides is 1. The average molecular weight is 296 g/mol. The van der Waals surface area contributed by atoms with E-state index < -0.39 is 28.5 Å². The van der Waals surface area contributed by atoms with Crippen molar-refractivity contribution in [1.29, 1.82) is 0 Å². The highest BCUT2D eigenvalue weighted by Crippen LogP contribution is 2.23. The Kier molecular flexibility index (Phi) is 5.23. The third kappa shape index (κ3) is 3.91. The molecule has 0 heterocycles. The van der Waals surface area contributed by atoms with Gasteiger partial charge in [-0.3, -0.25) is 14.9 Å². The molecule has 0 saturated heterocycles. The van der Waals surface area contributed by atoms with E-state index in [1.54, 1.807) is 13.8 Å². The minimum atomic E-state index is -0.940. The van der Waals surface area contributed by atoms with Crippen LogP contribution < -0.4 is 5.32 Å². The standard InChI is InChI=1S/C13H16N2O6/c1-7(2)11(13(18)21-3)14-12(17)9-6-8(16)4-5-10(9)15(19)20/h4-7,11,16H,1-3H3,(H,14,17). The van der Waals surface area contributed by atoms with Gasteiger partial charge in [-0.15, -0.1) is 0 Å². The molecule has 8 heteroatoms. The predicted octanol–water partition coefficient (Wildman–Crippen LogP) is 1.23. The molecular formula is C13H16N2O6. The number of carbonyl (C=O) groups excluding carboxylic acids is 2. The number of rotatable bonds is 5. The van der Waals surface area contributed by atoms with Gasteiger partial charge in [0.1, 0.15) is 17.4 Å². The van der Waals surface area contributed by atoms with E-state index in [0.717, 1.165) is 18.2 Å². The predicted molar refractivity (Wildman–Crippen MR) is 72.9 cm³/mol. The van der Waals surface area contributed by atoms with Crippen molar-refractivity contribution in [2.45, 2.75) is 19.9 Å². The van der Waals surface area contributed by atoms with E-state index >= 15 is 0 Å². The number of nitro groups is 1. The lowest BCUT2D eigenvalue weighted by Crippen LogP contribution is -2.45. The number of nitro benzene ring substituents is 1. The topological polar surface area (TPSA) is 119 Å². The highest BCUT2D eigenvalue weighted by atomic mass is 16.6. The van der Waals surface area contributed by atoms with Crippen LogP contribution in [0.3, 0.4) is 0 Å². The fourth-order valence-corrected chi connectivity index (χ4v) is 1.71. The number of ether oxygens (including phenoxy) is 1. The van der Waals surface area contributed by atoms with Gasteiger partial charge in [0, 0.05) is 6.07 Å². The van der Waals surface area contributed by atoms with E-state index in [1.165, 1.54) is 7.11 Å². The summed E-state index contributed by atoms with van der Waals surface area (Å²) in [5.74, 6) is -2.04. The third-order valence-corrected chi connectivity index (χ3v) is 2.83. The highest BCUT2D eigenvalue weighted by molar-refractivity contribution is 6.00. The van der Waals surface area contributed by atoms with E-state index in [4.69, 9.17) is 0 Å². The van der Waals surface area contributed by atoms with Crippen LogP contribution in [-0.2, 0) is 9.53 Å². The van der Waals surface area contributed by atoms with Gasteiger partial charge in [0.25, 0.3) is 11.6 Å². The largest absolute Gasteiger partial charge is 0.508 e. The van der Waals surface area contributed by atoms with Gasteiger partial charge in [0.05, 0.1) is 12.0 Å². The first-order valence-electron chi connectivity index (χ1n) is 6.14. The lowest BCUT2D eigenvalue weighted by atomic mass is 10.0. The fraction of sp³-hybridized carbons (Fsp3) is 0.385. The Morgan fingerprint density at radius 1 is 1.38 bits per heavy atom. The molecular weight excluding hydrogens is 280 g/mol. The SMILES string of the molecule is COC(=O)C(NC(=O)c1cc(O)ccc1[N+](=O)[O-])C(C)C. The van der Waals surface area contributed by atoms with Crippen LogP contribution in [0.25, 0.3) is 0 Å². The molecule has 21 heavy (non-hydrogen) atoms. The summed E-state index contributed by atoms with van der Waals surface area (Å²) in [5, 5.41) is 22.6. The van der Waals surface area contributed by atoms with Crippen molar-refractivity contribution in [3.63, 3.8) is 0 Å². The number of phenols is 1. The first-order valence-corrected chi connectivity index (χ1v) is 6.14. The van der Waals surface area contributed by atoms with Gasteiger partial charge in [-0.2, -0.15) is 0 Å². The maximum atomic E-state index is 12.1. The zero-order valence-corrected chi connectivity index (χ0v) is 11.8. The molecule has 0 bridgehead atoms. The number of hydrogen-bond acceptors (Lipinski definition) is 6. The number of phenolic OH excluding ortho intramolecular Hbond substituents is 1. The number of aromatic hydroxyl groups is 1. The minimum absolute atomic E-state index is 0.266. The number of carbonyl (C=O) groups is 2. The Bertz CT molecular complexity index is 570. The van der Waals surface area contributed by atoms with Gasteiger partial charge in [-0.25, -0.2) is 4.79 Å². The maximum Gasteiger partial charge on any atom is 0.328 e. The van der Waals surface area contributed by atoms with E-state index in [9.17, 15) is 24.8 Å². The maximum absolute atomic E-state index is 12.1. The van der Waals surface area contributed by atoms with Gasteiger partial charge in [-0.1, -0.05) is 13.8 Å². The number of methoxy groups -OCH3 is 1. The van der Waals surface area contributed by atoms with Crippen LogP contribution in [0, 0.1) is 16.0 Å². The number of nitrogens with zero attached hydrogens (tertiary/aromatic N) is 1. The summed E-state index contributed by atoms with van der Waals surface area (Å²) in [6, 6.07) is 2.16. The summed E-state index contributed by atoms with van der Waals surface area (Å²) in [6.07, 6.45) is 0. The lowest BCUT2D eigenvalue weighted by molar-refractivity contribution is -0.385. The molecule has 1 amide bonds. The molecule has 0 aliphatic rings. The van der Waals surface area contributed by atoms with Crippen LogP contribution in [0.4, 0.5) is 5.69 Å². The molecule has 2 N–H and O–H groups in total. The highest BCUT2D eigenvalue weighted by Gasteiger charge is 2.28. The van der Waals surface area contributed by atoms with Crippen molar-refractivity contribution in [2.24, 2.45) is 5.92 Å². The van der Waals surface area contributed by atoms with E-state index in [2.05, 4.69) is 10.1 Å².